The van der Waals surface area contributed by atoms with E-state index in [4.69, 9.17) is 4.74 Å². The van der Waals surface area contributed by atoms with Gasteiger partial charge < -0.3 is 15.2 Å². The number of ether oxygens (including phenoxy) is 1. The van der Waals surface area contributed by atoms with Gasteiger partial charge in [0.05, 0.1) is 37.9 Å². The standard InChI is InChI=1S/C36H43F2N6O3/c1-24-19-30(42-33(20-24)43-32-21-26(34(37)38)14-17-40-32)27-10-13-31(41-22-27)36(2,46)28-11-8-25(9-12-28)35(45)47-23-44(3,4)18-15-29-7-5-6-16-39-29/h5-7,10,13-14,16-17,19-22,25,28,34,46H,8-9,11-12,15,18,23H2,1-4H3,(H,40,42,43)/q+1/t25?,28?,36-/m1/s1. The Balaban J connectivity index is 1.15. The topological polar surface area (TPSA) is 110 Å². The molecule has 2 N–H and O–H groups in total. The highest BCUT2D eigenvalue weighted by molar-refractivity contribution is 5.72. The van der Waals surface area contributed by atoms with Crippen molar-refractivity contribution in [1.29, 1.82) is 0 Å². The Labute approximate surface area is 274 Å². The fraction of sp³-hybridized carbons (Fsp3) is 0.417. The highest BCUT2D eigenvalue weighted by atomic mass is 19.3. The van der Waals surface area contributed by atoms with Gasteiger partial charge in [-0.1, -0.05) is 6.07 Å². The number of hydrogen-bond donors (Lipinski definition) is 2. The molecule has 4 aromatic heterocycles. The Morgan fingerprint density at radius 2 is 1.81 bits per heavy atom. The second kappa shape index (κ2) is 14.6. The van der Waals surface area contributed by atoms with Gasteiger partial charge in [0.25, 0.3) is 6.43 Å². The van der Waals surface area contributed by atoms with Gasteiger partial charge in [0.1, 0.15) is 17.2 Å². The van der Waals surface area contributed by atoms with Crippen LogP contribution in [0.25, 0.3) is 11.3 Å². The van der Waals surface area contributed by atoms with Crippen molar-refractivity contribution in [2.75, 3.05) is 32.7 Å². The molecular weight excluding hydrogens is 602 g/mol. The third-order valence-electron chi connectivity index (χ3n) is 8.95. The number of halogens is 2. The SMILES string of the molecule is Cc1cc(Nc2cc(C(F)F)ccn2)nc(-c2ccc([C@](C)(O)C3CCC(C(=O)OC[N+](C)(C)CCc4ccccn4)CC3)nc2)c1. The summed E-state index contributed by atoms with van der Waals surface area (Å²) in [6, 6.07) is 15.8. The average Bonchev–Trinajstić information content (AvgIpc) is 3.07. The molecule has 0 unspecified atom stereocenters. The zero-order chi connectivity index (χ0) is 33.6. The maximum atomic E-state index is 13.1. The molecule has 4 aromatic rings. The van der Waals surface area contributed by atoms with Crippen LogP contribution < -0.4 is 5.32 Å². The van der Waals surface area contributed by atoms with Crippen LogP contribution in [0.5, 0.6) is 0 Å². The number of nitrogens with zero attached hydrogens (tertiary/aromatic N) is 5. The number of esters is 1. The largest absolute Gasteiger partial charge is 0.415 e. The fourth-order valence-corrected chi connectivity index (χ4v) is 5.99. The van der Waals surface area contributed by atoms with Crippen molar-refractivity contribution in [3.8, 4) is 11.3 Å². The second-order valence-corrected chi connectivity index (χ2v) is 13.3. The van der Waals surface area contributed by atoms with E-state index in [-0.39, 0.29) is 29.2 Å². The first kappa shape index (κ1) is 34.0. The molecule has 0 aliphatic heterocycles. The first-order valence-electron chi connectivity index (χ1n) is 16.0. The van der Waals surface area contributed by atoms with Gasteiger partial charge in [-0.2, -0.15) is 0 Å². The van der Waals surface area contributed by atoms with E-state index in [1.807, 2.05) is 63.5 Å². The summed E-state index contributed by atoms with van der Waals surface area (Å²) in [7, 11) is 4.09. The molecule has 4 heterocycles. The first-order chi connectivity index (χ1) is 22.4. The van der Waals surface area contributed by atoms with Crippen molar-refractivity contribution in [3.05, 3.63) is 95.7 Å². The molecule has 0 spiro atoms. The van der Waals surface area contributed by atoms with Crippen molar-refractivity contribution in [2.24, 2.45) is 11.8 Å². The number of pyridine rings is 4. The number of rotatable bonds is 12. The number of aryl methyl sites for hydroxylation is 1. The predicted octanol–water partition coefficient (Wildman–Crippen LogP) is 6.76. The summed E-state index contributed by atoms with van der Waals surface area (Å²) in [5.41, 5.74) is 2.59. The van der Waals surface area contributed by atoms with Crippen LogP contribution in [0.2, 0.25) is 0 Å². The molecule has 1 atom stereocenters. The maximum absolute atomic E-state index is 13.1. The van der Waals surface area contributed by atoms with Gasteiger partial charge in [-0.15, -0.1) is 0 Å². The van der Waals surface area contributed by atoms with Crippen LogP contribution in [0, 0.1) is 18.8 Å². The Hall–Kier alpha value is -4.35. The number of likely N-dealkylation sites (N-methyl/N-ethyl adjacent to an activating group) is 1. The molecule has 1 fully saturated rings. The fourth-order valence-electron chi connectivity index (χ4n) is 5.99. The molecule has 9 nitrogen and oxygen atoms in total. The number of carbonyl (C=O) groups excluding carboxylic acids is 1. The summed E-state index contributed by atoms with van der Waals surface area (Å²) in [6.07, 6.45) is 5.68. The lowest BCUT2D eigenvalue weighted by Crippen LogP contribution is -2.44. The summed E-state index contributed by atoms with van der Waals surface area (Å²) in [5.74, 6) is 0.333. The van der Waals surface area contributed by atoms with E-state index in [1.54, 1.807) is 19.3 Å². The molecular formula is C36H43F2N6O3+. The van der Waals surface area contributed by atoms with Gasteiger partial charge in [0.2, 0.25) is 6.73 Å². The maximum Gasteiger partial charge on any atom is 0.313 e. The Bertz CT molecular complexity index is 1640. The summed E-state index contributed by atoms with van der Waals surface area (Å²) < 4.78 is 32.6. The molecule has 0 radical (unpaired) electrons. The number of anilines is 2. The molecule has 0 amide bonds. The lowest BCUT2D eigenvalue weighted by Gasteiger charge is -2.37. The van der Waals surface area contributed by atoms with Crippen LogP contribution in [0.15, 0.2) is 73.2 Å². The smallest absolute Gasteiger partial charge is 0.313 e. The molecule has 0 aromatic carbocycles. The third-order valence-corrected chi connectivity index (χ3v) is 8.95. The van der Waals surface area contributed by atoms with Crippen molar-refractivity contribution >= 4 is 17.6 Å². The summed E-state index contributed by atoms with van der Waals surface area (Å²) in [4.78, 5) is 30.7. The zero-order valence-corrected chi connectivity index (χ0v) is 27.4. The number of aromatic nitrogens is 4. The normalized spacial score (nSPS) is 18.0. The van der Waals surface area contributed by atoms with Crippen LogP contribution in [-0.2, 0) is 21.6 Å². The van der Waals surface area contributed by atoms with Crippen LogP contribution in [0.3, 0.4) is 0 Å². The minimum Gasteiger partial charge on any atom is -0.415 e. The summed E-state index contributed by atoms with van der Waals surface area (Å²) in [6.45, 7) is 4.81. The van der Waals surface area contributed by atoms with Gasteiger partial charge in [-0.25, -0.2) is 18.7 Å². The van der Waals surface area contributed by atoms with E-state index in [0.717, 1.165) is 29.8 Å². The first-order valence-corrected chi connectivity index (χ1v) is 16.0. The highest BCUT2D eigenvalue weighted by Crippen LogP contribution is 2.41. The lowest BCUT2D eigenvalue weighted by molar-refractivity contribution is -0.907. The van der Waals surface area contributed by atoms with Gasteiger partial charge in [-0.05, 0) is 99.5 Å². The van der Waals surface area contributed by atoms with Gasteiger partial charge >= 0.3 is 5.97 Å². The van der Waals surface area contributed by atoms with Crippen molar-refractivity contribution in [3.63, 3.8) is 0 Å². The zero-order valence-electron chi connectivity index (χ0n) is 27.4. The number of nitrogens with one attached hydrogen (secondary N) is 1. The monoisotopic (exact) mass is 645 g/mol. The number of aliphatic hydroxyl groups is 1. The minimum atomic E-state index is -2.59. The van der Waals surface area contributed by atoms with Crippen molar-refractivity contribution in [2.45, 2.75) is 58.0 Å². The van der Waals surface area contributed by atoms with E-state index in [1.165, 1.54) is 18.3 Å². The van der Waals surface area contributed by atoms with E-state index in [9.17, 15) is 18.7 Å². The Morgan fingerprint density at radius 3 is 2.49 bits per heavy atom. The van der Waals surface area contributed by atoms with E-state index < -0.39 is 12.0 Å². The summed E-state index contributed by atoms with van der Waals surface area (Å²) in [5, 5.41) is 14.6. The Morgan fingerprint density at radius 1 is 1.02 bits per heavy atom. The van der Waals surface area contributed by atoms with Crippen LogP contribution in [-0.4, -0.2) is 62.9 Å². The molecule has 11 heteroatoms. The van der Waals surface area contributed by atoms with E-state index >= 15 is 0 Å². The number of alkyl halides is 2. The Kier molecular flexibility index (Phi) is 10.6. The second-order valence-electron chi connectivity index (χ2n) is 13.3. The number of quaternary nitrogens is 1. The number of carbonyl (C=O) groups is 1. The molecule has 1 saturated carbocycles. The minimum absolute atomic E-state index is 0.0557. The van der Waals surface area contributed by atoms with Gasteiger partial charge in [0, 0.05) is 41.8 Å². The highest BCUT2D eigenvalue weighted by Gasteiger charge is 2.39. The summed E-state index contributed by atoms with van der Waals surface area (Å²) >= 11 is 0. The molecule has 1 aliphatic rings. The average molecular weight is 646 g/mol. The van der Waals surface area contributed by atoms with Gasteiger partial charge in [-0.3, -0.25) is 19.2 Å². The molecule has 248 valence electrons. The van der Waals surface area contributed by atoms with Crippen molar-refractivity contribution in [1.82, 2.24) is 19.9 Å². The van der Waals surface area contributed by atoms with Crippen LogP contribution in [0.1, 0.15) is 61.5 Å². The van der Waals surface area contributed by atoms with Crippen LogP contribution in [0.4, 0.5) is 20.4 Å². The molecule has 0 bridgehead atoms. The van der Waals surface area contributed by atoms with Crippen LogP contribution >= 0.6 is 0 Å². The van der Waals surface area contributed by atoms with E-state index in [2.05, 4.69) is 25.3 Å². The molecule has 1 aliphatic carbocycles. The third kappa shape index (κ3) is 8.93. The van der Waals surface area contributed by atoms with Crippen molar-refractivity contribution < 1.29 is 27.9 Å². The lowest BCUT2D eigenvalue weighted by atomic mass is 9.73. The molecule has 5 rings (SSSR count). The molecule has 47 heavy (non-hydrogen) atoms. The van der Waals surface area contributed by atoms with Gasteiger partial charge in [0.15, 0.2) is 0 Å². The quantitative estimate of drug-likeness (QED) is 0.0989. The van der Waals surface area contributed by atoms with E-state index in [0.29, 0.717) is 54.1 Å². The number of hydrogen-bond acceptors (Lipinski definition) is 8. The molecule has 0 saturated heterocycles. The predicted molar refractivity (Wildman–Crippen MR) is 176 cm³/mol.